The highest BCUT2D eigenvalue weighted by Crippen LogP contribution is 2.14. The predicted molar refractivity (Wildman–Crippen MR) is 63.1 cm³/mol. The van der Waals surface area contributed by atoms with Gasteiger partial charge in [-0.05, 0) is 23.6 Å². The first-order chi connectivity index (χ1) is 7.81. The van der Waals surface area contributed by atoms with Gasteiger partial charge in [0.1, 0.15) is 0 Å². The fourth-order valence-electron chi connectivity index (χ4n) is 1.51. The Kier molecular flexibility index (Phi) is 3.12. The van der Waals surface area contributed by atoms with Crippen LogP contribution in [0.3, 0.4) is 0 Å². The molecule has 0 spiro atoms. The van der Waals surface area contributed by atoms with E-state index in [0.717, 1.165) is 10.8 Å². The maximum Gasteiger partial charge on any atom is 0.251 e. The minimum atomic E-state index is -0.0934. The van der Waals surface area contributed by atoms with Gasteiger partial charge in [0.25, 0.3) is 5.91 Å². The van der Waals surface area contributed by atoms with E-state index >= 15 is 0 Å². The van der Waals surface area contributed by atoms with Crippen molar-refractivity contribution in [1.29, 1.82) is 0 Å². The zero-order valence-electron chi connectivity index (χ0n) is 8.81. The molecule has 82 valence electrons. The smallest absolute Gasteiger partial charge is 0.251 e. The molecule has 2 rings (SSSR count). The summed E-state index contributed by atoms with van der Waals surface area (Å²) in [6.45, 7) is 0.941. The Morgan fingerprint density at radius 3 is 3.00 bits per heavy atom. The largest absolute Gasteiger partial charge is 0.351 e. The van der Waals surface area contributed by atoms with Gasteiger partial charge in [0.15, 0.2) is 0 Å². The highest BCUT2D eigenvalue weighted by atomic mass is 16.1. The highest BCUT2D eigenvalue weighted by molar-refractivity contribution is 5.98. The molecule has 0 aliphatic heterocycles. The summed E-state index contributed by atoms with van der Waals surface area (Å²) in [6, 6.07) is 7.41. The normalized spacial score (nSPS) is 10.3. The number of amides is 1. The fourth-order valence-corrected chi connectivity index (χ4v) is 1.51. The lowest BCUT2D eigenvalue weighted by atomic mass is 10.1. The summed E-state index contributed by atoms with van der Waals surface area (Å²) < 4.78 is 0. The number of carbonyl (C=O) groups excluding carboxylic acids is 1. The topological polar surface area (TPSA) is 68.0 Å². The first-order valence-electron chi connectivity index (χ1n) is 5.13. The van der Waals surface area contributed by atoms with E-state index in [-0.39, 0.29) is 5.91 Å². The van der Waals surface area contributed by atoms with Gasteiger partial charge in [-0.1, -0.05) is 6.07 Å². The number of nitrogens with two attached hydrogens (primary N) is 1. The summed E-state index contributed by atoms with van der Waals surface area (Å²) in [5, 5.41) is 4.77. The zero-order valence-corrected chi connectivity index (χ0v) is 8.81. The summed E-state index contributed by atoms with van der Waals surface area (Å²) in [6.07, 6.45) is 3.49. The fraction of sp³-hybridized carbons (Fsp3) is 0.167. The molecule has 0 fully saturated rings. The minimum Gasteiger partial charge on any atom is -0.351 e. The molecule has 2 aromatic rings. The summed E-state index contributed by atoms with van der Waals surface area (Å²) in [5.41, 5.74) is 5.97. The quantitative estimate of drug-likeness (QED) is 0.800. The van der Waals surface area contributed by atoms with Crippen molar-refractivity contribution in [3.05, 3.63) is 42.2 Å². The number of aromatic nitrogens is 1. The van der Waals surface area contributed by atoms with E-state index in [9.17, 15) is 4.79 Å². The molecule has 0 saturated heterocycles. The molecule has 0 bridgehead atoms. The van der Waals surface area contributed by atoms with Crippen LogP contribution >= 0.6 is 0 Å². The van der Waals surface area contributed by atoms with Gasteiger partial charge in [0.2, 0.25) is 0 Å². The van der Waals surface area contributed by atoms with Crippen molar-refractivity contribution in [2.75, 3.05) is 13.1 Å². The number of hydrogen-bond acceptors (Lipinski definition) is 3. The third kappa shape index (κ3) is 2.17. The standard InChI is InChI=1S/C12H13N3O/c13-4-6-15-12(16)10-1-2-11-8-14-5-3-9(11)7-10/h1-3,5,7-8H,4,6,13H2,(H,15,16). The molecular weight excluding hydrogens is 202 g/mol. The van der Waals surface area contributed by atoms with Crippen LogP contribution < -0.4 is 11.1 Å². The second kappa shape index (κ2) is 4.72. The van der Waals surface area contributed by atoms with E-state index in [0.29, 0.717) is 18.7 Å². The first kappa shape index (κ1) is 10.6. The monoisotopic (exact) mass is 215 g/mol. The highest BCUT2D eigenvalue weighted by Gasteiger charge is 2.04. The average molecular weight is 215 g/mol. The third-order valence-electron chi connectivity index (χ3n) is 2.33. The van der Waals surface area contributed by atoms with Crippen molar-refractivity contribution in [2.45, 2.75) is 0 Å². The van der Waals surface area contributed by atoms with Crippen LogP contribution in [0.2, 0.25) is 0 Å². The van der Waals surface area contributed by atoms with Crippen molar-refractivity contribution < 1.29 is 4.79 Å². The SMILES string of the molecule is NCCNC(=O)c1ccc2cnccc2c1. The van der Waals surface area contributed by atoms with Gasteiger partial charge in [0, 0.05) is 36.4 Å². The number of benzene rings is 1. The van der Waals surface area contributed by atoms with Gasteiger partial charge in [-0.3, -0.25) is 9.78 Å². The lowest BCUT2D eigenvalue weighted by Crippen LogP contribution is -2.28. The van der Waals surface area contributed by atoms with Crippen molar-refractivity contribution in [1.82, 2.24) is 10.3 Å². The molecule has 4 nitrogen and oxygen atoms in total. The van der Waals surface area contributed by atoms with Crippen LogP contribution in [0.25, 0.3) is 10.8 Å². The Labute approximate surface area is 93.5 Å². The molecule has 0 aliphatic rings. The van der Waals surface area contributed by atoms with Gasteiger partial charge in [-0.15, -0.1) is 0 Å². The molecule has 0 saturated carbocycles. The number of pyridine rings is 1. The Morgan fingerprint density at radius 1 is 1.31 bits per heavy atom. The van der Waals surface area contributed by atoms with Gasteiger partial charge >= 0.3 is 0 Å². The average Bonchev–Trinajstić information content (AvgIpc) is 2.35. The van der Waals surface area contributed by atoms with E-state index in [1.165, 1.54) is 0 Å². The number of hydrogen-bond donors (Lipinski definition) is 2. The molecular formula is C12H13N3O. The molecule has 0 radical (unpaired) electrons. The van der Waals surface area contributed by atoms with Crippen LogP contribution in [0.4, 0.5) is 0 Å². The first-order valence-corrected chi connectivity index (χ1v) is 5.13. The van der Waals surface area contributed by atoms with Crippen LogP contribution in [0.5, 0.6) is 0 Å². The lowest BCUT2D eigenvalue weighted by molar-refractivity contribution is 0.0955. The third-order valence-corrected chi connectivity index (χ3v) is 2.33. The molecule has 1 aromatic heterocycles. The van der Waals surface area contributed by atoms with Crippen LogP contribution in [0.1, 0.15) is 10.4 Å². The van der Waals surface area contributed by atoms with E-state index in [1.807, 2.05) is 18.2 Å². The van der Waals surface area contributed by atoms with Crippen LogP contribution in [-0.2, 0) is 0 Å². The lowest BCUT2D eigenvalue weighted by Gasteiger charge is -2.04. The van der Waals surface area contributed by atoms with Crippen LogP contribution in [0.15, 0.2) is 36.7 Å². The molecule has 16 heavy (non-hydrogen) atoms. The van der Waals surface area contributed by atoms with Gasteiger partial charge in [-0.2, -0.15) is 0 Å². The summed E-state index contributed by atoms with van der Waals surface area (Å²) in [5.74, 6) is -0.0934. The predicted octanol–water partition coefficient (Wildman–Crippen LogP) is 0.923. The Bertz CT molecular complexity index is 510. The summed E-state index contributed by atoms with van der Waals surface area (Å²) >= 11 is 0. The molecule has 3 N–H and O–H groups in total. The van der Waals surface area contributed by atoms with Crippen LogP contribution in [-0.4, -0.2) is 24.0 Å². The molecule has 1 aromatic carbocycles. The molecule has 0 atom stereocenters. The van der Waals surface area contributed by atoms with E-state index < -0.39 is 0 Å². The Morgan fingerprint density at radius 2 is 2.19 bits per heavy atom. The van der Waals surface area contributed by atoms with Crippen molar-refractivity contribution >= 4 is 16.7 Å². The number of nitrogens with zero attached hydrogens (tertiary/aromatic N) is 1. The molecule has 1 heterocycles. The van der Waals surface area contributed by atoms with Gasteiger partial charge < -0.3 is 11.1 Å². The molecule has 0 unspecified atom stereocenters. The number of carbonyl (C=O) groups is 1. The van der Waals surface area contributed by atoms with Crippen molar-refractivity contribution in [2.24, 2.45) is 5.73 Å². The minimum absolute atomic E-state index is 0.0934. The van der Waals surface area contributed by atoms with E-state index in [4.69, 9.17) is 5.73 Å². The maximum absolute atomic E-state index is 11.7. The van der Waals surface area contributed by atoms with E-state index in [1.54, 1.807) is 18.5 Å². The number of nitrogens with one attached hydrogen (secondary N) is 1. The second-order valence-electron chi connectivity index (χ2n) is 3.48. The Hall–Kier alpha value is -1.94. The molecule has 4 heteroatoms. The zero-order chi connectivity index (χ0) is 11.4. The van der Waals surface area contributed by atoms with Gasteiger partial charge in [0.05, 0.1) is 0 Å². The molecule has 1 amide bonds. The van der Waals surface area contributed by atoms with Crippen LogP contribution in [0, 0.1) is 0 Å². The van der Waals surface area contributed by atoms with Crippen molar-refractivity contribution in [3.8, 4) is 0 Å². The summed E-state index contributed by atoms with van der Waals surface area (Å²) in [4.78, 5) is 15.7. The van der Waals surface area contributed by atoms with Gasteiger partial charge in [-0.25, -0.2) is 0 Å². The number of fused-ring (bicyclic) bond motifs is 1. The van der Waals surface area contributed by atoms with Crippen molar-refractivity contribution in [3.63, 3.8) is 0 Å². The molecule has 0 aliphatic carbocycles. The summed E-state index contributed by atoms with van der Waals surface area (Å²) in [7, 11) is 0. The maximum atomic E-state index is 11.7. The number of rotatable bonds is 3. The second-order valence-corrected chi connectivity index (χ2v) is 3.48. The Balaban J connectivity index is 2.28. The van der Waals surface area contributed by atoms with E-state index in [2.05, 4.69) is 10.3 Å².